The van der Waals surface area contributed by atoms with Gasteiger partial charge in [-0.25, -0.2) is 0 Å². The summed E-state index contributed by atoms with van der Waals surface area (Å²) in [6.45, 7) is 5.62. The lowest BCUT2D eigenvalue weighted by molar-refractivity contribution is -0.141. The summed E-state index contributed by atoms with van der Waals surface area (Å²) in [6.07, 6.45) is 0.604. The normalized spacial score (nSPS) is 14.7. The summed E-state index contributed by atoms with van der Waals surface area (Å²) < 4.78 is 0. The Hall–Kier alpha value is -1.10. The second kappa shape index (κ2) is 6.40. The van der Waals surface area contributed by atoms with Gasteiger partial charge < -0.3 is 16.2 Å². The summed E-state index contributed by atoms with van der Waals surface area (Å²) in [5.74, 6) is -1.44. The molecule has 0 heterocycles. The Labute approximate surface area is 90.0 Å². The second-order valence-corrected chi connectivity index (χ2v) is 4.22. The Bertz CT molecular complexity index is 229. The van der Waals surface area contributed by atoms with Gasteiger partial charge in [-0.2, -0.15) is 0 Å². The van der Waals surface area contributed by atoms with Crippen LogP contribution in [0.1, 0.15) is 27.2 Å². The van der Waals surface area contributed by atoms with E-state index in [1.54, 1.807) is 0 Å². The van der Waals surface area contributed by atoms with Gasteiger partial charge in [-0.05, 0) is 12.3 Å². The molecule has 0 aromatic heterocycles. The zero-order chi connectivity index (χ0) is 12.0. The number of nitrogens with one attached hydrogen (secondary N) is 1. The van der Waals surface area contributed by atoms with Crippen LogP contribution in [0.5, 0.6) is 0 Å². The van der Waals surface area contributed by atoms with Crippen LogP contribution in [0.3, 0.4) is 0 Å². The Morgan fingerprint density at radius 3 is 2.27 bits per heavy atom. The van der Waals surface area contributed by atoms with Crippen LogP contribution in [0.15, 0.2) is 0 Å². The average molecular weight is 216 g/mol. The van der Waals surface area contributed by atoms with Gasteiger partial charge in [0.15, 0.2) is 0 Å². The molecule has 4 N–H and O–H groups in total. The van der Waals surface area contributed by atoms with Crippen LogP contribution in [0.2, 0.25) is 0 Å². The fourth-order valence-corrected chi connectivity index (χ4v) is 1.09. The Kier molecular flexibility index (Phi) is 5.93. The first-order chi connectivity index (χ1) is 6.84. The van der Waals surface area contributed by atoms with E-state index in [1.165, 1.54) is 6.92 Å². The maximum atomic E-state index is 11.4. The summed E-state index contributed by atoms with van der Waals surface area (Å²) in [6, 6.07) is -0.550. The highest BCUT2D eigenvalue weighted by Gasteiger charge is 2.17. The topological polar surface area (TPSA) is 92.4 Å². The van der Waals surface area contributed by atoms with E-state index in [0.717, 1.165) is 0 Å². The molecule has 0 saturated carbocycles. The van der Waals surface area contributed by atoms with Crippen LogP contribution in [-0.2, 0) is 9.59 Å². The number of aliphatic carboxylic acids is 1. The fraction of sp³-hybridized carbons (Fsp3) is 0.800. The van der Waals surface area contributed by atoms with Crippen LogP contribution in [0, 0.1) is 11.8 Å². The molecule has 2 atom stereocenters. The number of carboxylic acids is 1. The highest BCUT2D eigenvalue weighted by molar-refractivity contribution is 5.82. The van der Waals surface area contributed by atoms with Gasteiger partial charge in [0, 0.05) is 6.54 Å². The van der Waals surface area contributed by atoms with Crippen LogP contribution in [0.25, 0.3) is 0 Å². The van der Waals surface area contributed by atoms with Crippen molar-refractivity contribution < 1.29 is 14.7 Å². The molecule has 0 aliphatic carbocycles. The summed E-state index contributed by atoms with van der Waals surface area (Å²) in [4.78, 5) is 21.9. The standard InChI is InChI=1S/C10H20N2O3/c1-6(2)4-8(11)9(13)12-5-7(3)10(14)15/h6-8H,4-5,11H2,1-3H3,(H,12,13)(H,14,15). The molecule has 0 rings (SSSR count). The lowest BCUT2D eigenvalue weighted by Crippen LogP contribution is -2.43. The molecule has 0 aliphatic rings. The molecular formula is C10H20N2O3. The van der Waals surface area contributed by atoms with E-state index >= 15 is 0 Å². The number of rotatable bonds is 6. The smallest absolute Gasteiger partial charge is 0.308 e. The van der Waals surface area contributed by atoms with Crippen molar-refractivity contribution in [2.45, 2.75) is 33.2 Å². The molecule has 88 valence electrons. The van der Waals surface area contributed by atoms with Gasteiger partial charge in [0.25, 0.3) is 0 Å². The van der Waals surface area contributed by atoms with E-state index in [0.29, 0.717) is 12.3 Å². The highest BCUT2D eigenvalue weighted by Crippen LogP contribution is 2.02. The van der Waals surface area contributed by atoms with Crippen LogP contribution in [-0.4, -0.2) is 29.6 Å². The van der Waals surface area contributed by atoms with Crippen molar-refractivity contribution in [2.75, 3.05) is 6.54 Å². The summed E-state index contributed by atoms with van der Waals surface area (Å²) >= 11 is 0. The van der Waals surface area contributed by atoms with Crippen LogP contribution < -0.4 is 11.1 Å². The van der Waals surface area contributed by atoms with Crippen molar-refractivity contribution >= 4 is 11.9 Å². The predicted octanol–water partition coefficient (Wildman–Crippen LogP) is 0.197. The monoisotopic (exact) mass is 216 g/mol. The van der Waals surface area contributed by atoms with Gasteiger partial charge in [-0.1, -0.05) is 20.8 Å². The molecule has 0 spiro atoms. The first-order valence-corrected chi connectivity index (χ1v) is 5.10. The van der Waals surface area contributed by atoms with Gasteiger partial charge >= 0.3 is 5.97 Å². The third kappa shape index (κ3) is 6.06. The molecule has 0 radical (unpaired) electrons. The number of hydrogen-bond acceptors (Lipinski definition) is 3. The number of carboxylic acid groups (broad SMARTS) is 1. The minimum atomic E-state index is -0.923. The maximum absolute atomic E-state index is 11.4. The molecule has 5 nitrogen and oxygen atoms in total. The van der Waals surface area contributed by atoms with E-state index in [4.69, 9.17) is 10.8 Å². The van der Waals surface area contributed by atoms with E-state index in [1.807, 2.05) is 13.8 Å². The fourth-order valence-electron chi connectivity index (χ4n) is 1.09. The van der Waals surface area contributed by atoms with Crippen molar-refractivity contribution in [3.05, 3.63) is 0 Å². The zero-order valence-corrected chi connectivity index (χ0v) is 9.49. The number of carbonyl (C=O) groups excluding carboxylic acids is 1. The minimum absolute atomic E-state index is 0.125. The number of carbonyl (C=O) groups is 2. The maximum Gasteiger partial charge on any atom is 0.308 e. The lowest BCUT2D eigenvalue weighted by Gasteiger charge is -2.15. The molecule has 0 fully saturated rings. The van der Waals surface area contributed by atoms with Crippen molar-refractivity contribution in [2.24, 2.45) is 17.6 Å². The quantitative estimate of drug-likeness (QED) is 0.591. The van der Waals surface area contributed by atoms with Crippen molar-refractivity contribution in [3.63, 3.8) is 0 Å². The van der Waals surface area contributed by atoms with Gasteiger partial charge in [-0.3, -0.25) is 9.59 Å². The van der Waals surface area contributed by atoms with Gasteiger partial charge in [0.05, 0.1) is 12.0 Å². The van der Waals surface area contributed by atoms with Gasteiger partial charge in [-0.15, -0.1) is 0 Å². The van der Waals surface area contributed by atoms with Crippen LogP contribution in [0.4, 0.5) is 0 Å². The largest absolute Gasteiger partial charge is 0.481 e. The molecule has 1 amide bonds. The Morgan fingerprint density at radius 2 is 1.87 bits per heavy atom. The molecule has 0 aromatic carbocycles. The van der Waals surface area contributed by atoms with E-state index < -0.39 is 17.9 Å². The summed E-state index contributed by atoms with van der Waals surface area (Å²) in [5, 5.41) is 11.1. The Morgan fingerprint density at radius 1 is 1.33 bits per heavy atom. The molecule has 0 aromatic rings. The predicted molar refractivity (Wildman–Crippen MR) is 57.2 cm³/mol. The lowest BCUT2D eigenvalue weighted by atomic mass is 10.0. The van der Waals surface area contributed by atoms with Crippen molar-refractivity contribution in [1.82, 2.24) is 5.32 Å². The average Bonchev–Trinajstić information content (AvgIpc) is 2.12. The minimum Gasteiger partial charge on any atom is -0.481 e. The highest BCUT2D eigenvalue weighted by atomic mass is 16.4. The Balaban J connectivity index is 3.88. The zero-order valence-electron chi connectivity index (χ0n) is 9.49. The molecule has 2 unspecified atom stereocenters. The molecule has 0 aliphatic heterocycles. The van der Waals surface area contributed by atoms with E-state index in [2.05, 4.69) is 5.32 Å². The molecule has 0 saturated heterocycles. The van der Waals surface area contributed by atoms with Crippen molar-refractivity contribution in [3.8, 4) is 0 Å². The summed E-state index contributed by atoms with van der Waals surface area (Å²) in [5.41, 5.74) is 5.62. The SMILES string of the molecule is CC(C)CC(N)C(=O)NCC(C)C(=O)O. The van der Waals surface area contributed by atoms with Crippen molar-refractivity contribution in [1.29, 1.82) is 0 Å². The second-order valence-electron chi connectivity index (χ2n) is 4.22. The van der Waals surface area contributed by atoms with Gasteiger partial charge in [0.1, 0.15) is 0 Å². The number of amides is 1. The first kappa shape index (κ1) is 13.9. The third-order valence-electron chi connectivity index (χ3n) is 2.07. The number of hydrogen-bond donors (Lipinski definition) is 3. The van der Waals surface area contributed by atoms with Crippen LogP contribution >= 0.6 is 0 Å². The van der Waals surface area contributed by atoms with Gasteiger partial charge in [0.2, 0.25) is 5.91 Å². The molecule has 15 heavy (non-hydrogen) atoms. The third-order valence-corrected chi connectivity index (χ3v) is 2.07. The molecular weight excluding hydrogens is 196 g/mol. The molecule has 5 heteroatoms. The number of nitrogens with two attached hydrogens (primary N) is 1. The summed E-state index contributed by atoms with van der Waals surface area (Å²) in [7, 11) is 0. The van der Waals surface area contributed by atoms with E-state index in [-0.39, 0.29) is 12.5 Å². The van der Waals surface area contributed by atoms with E-state index in [9.17, 15) is 9.59 Å². The molecule has 0 bridgehead atoms. The first-order valence-electron chi connectivity index (χ1n) is 5.10.